The van der Waals surface area contributed by atoms with E-state index in [0.29, 0.717) is 24.9 Å². The number of unbranched alkanes of at least 4 members (excludes halogenated alkanes) is 2. The number of methoxy groups -OCH3 is 1. The highest BCUT2D eigenvalue weighted by atomic mass is 79.9. The molecule has 2 N–H and O–H groups in total. The molecule has 0 rings (SSSR count). The molecule has 7 nitrogen and oxygen atoms in total. The molecule has 0 aliphatic heterocycles. The Balaban J connectivity index is 5.14. The van der Waals surface area contributed by atoms with E-state index in [0.717, 1.165) is 37.6 Å². The van der Waals surface area contributed by atoms with Crippen molar-refractivity contribution in [2.45, 2.75) is 32.6 Å². The minimum absolute atomic E-state index is 0.184. The van der Waals surface area contributed by atoms with E-state index in [-0.39, 0.29) is 12.6 Å². The van der Waals surface area contributed by atoms with E-state index in [1.165, 1.54) is 0 Å². The third-order valence-corrected chi connectivity index (χ3v) is 3.69. The summed E-state index contributed by atoms with van der Waals surface area (Å²) in [5.41, 5.74) is 6.41. The van der Waals surface area contributed by atoms with Gasteiger partial charge < -0.3 is 20.1 Å². The van der Waals surface area contributed by atoms with Gasteiger partial charge in [0.1, 0.15) is 19.2 Å². The van der Waals surface area contributed by atoms with Crippen molar-refractivity contribution in [1.82, 2.24) is 4.90 Å². The molecule has 0 aromatic carbocycles. The van der Waals surface area contributed by atoms with E-state index >= 15 is 0 Å². The summed E-state index contributed by atoms with van der Waals surface area (Å²) in [6, 6.07) is 0. The van der Waals surface area contributed by atoms with Gasteiger partial charge in [-0.05, 0) is 32.7 Å². The highest BCUT2D eigenvalue weighted by Crippen LogP contribution is 2.15. The van der Waals surface area contributed by atoms with Crippen LogP contribution in [0.4, 0.5) is 0 Å². The van der Waals surface area contributed by atoms with E-state index in [1.54, 1.807) is 7.11 Å². The largest absolute Gasteiger partial charge is 0.382 e. The summed E-state index contributed by atoms with van der Waals surface area (Å²) >= 11 is 3.43. The number of alkyl halides is 1. The Kier molecular flexibility index (Phi) is 14.5. The monoisotopic (exact) mass is 403 g/mol. The molecule has 0 aliphatic rings. The highest BCUT2D eigenvalue weighted by molar-refractivity contribution is 9.09. The molecule has 0 heterocycles. The fraction of sp³-hybridized carbons (Fsp3) is 0.688. The van der Waals surface area contributed by atoms with E-state index < -0.39 is 0 Å². The minimum atomic E-state index is 0.184. The molecular weight excluding hydrogens is 374 g/mol. The Morgan fingerprint density at radius 3 is 2.50 bits per heavy atom. The van der Waals surface area contributed by atoms with Crippen LogP contribution in [-0.4, -0.2) is 63.2 Å². The van der Waals surface area contributed by atoms with E-state index in [9.17, 15) is 0 Å². The van der Waals surface area contributed by atoms with Gasteiger partial charge in [-0.25, -0.2) is 9.98 Å². The van der Waals surface area contributed by atoms with Gasteiger partial charge in [0.05, 0.1) is 0 Å². The van der Waals surface area contributed by atoms with Crippen molar-refractivity contribution >= 4 is 35.2 Å². The lowest BCUT2D eigenvalue weighted by Gasteiger charge is -2.24. The summed E-state index contributed by atoms with van der Waals surface area (Å²) in [7, 11) is 1.62. The fourth-order valence-electron chi connectivity index (χ4n) is 1.88. The molecule has 0 saturated carbocycles. The average molecular weight is 404 g/mol. The van der Waals surface area contributed by atoms with Crippen molar-refractivity contribution in [3.05, 3.63) is 11.5 Å². The van der Waals surface area contributed by atoms with Gasteiger partial charge in [-0.1, -0.05) is 29.3 Å². The SMILES string of the molecule is C=NC(=C(/N=C)N(CCCCBr)COC)/C(N)=N\COCCCC. The maximum Gasteiger partial charge on any atom is 0.159 e. The summed E-state index contributed by atoms with van der Waals surface area (Å²) in [5.74, 6) is 0.738. The molecule has 0 radical (unpaired) electrons. The summed E-state index contributed by atoms with van der Waals surface area (Å²) in [5, 5.41) is 0.944. The number of ether oxygens (including phenoxy) is 2. The van der Waals surface area contributed by atoms with Crippen LogP contribution in [0.2, 0.25) is 0 Å². The molecule has 0 aromatic rings. The first-order valence-corrected chi connectivity index (χ1v) is 9.13. The van der Waals surface area contributed by atoms with E-state index in [1.807, 2.05) is 4.90 Å². The molecule has 0 atom stereocenters. The van der Waals surface area contributed by atoms with Crippen molar-refractivity contribution in [2.24, 2.45) is 20.7 Å². The lowest BCUT2D eigenvalue weighted by Crippen LogP contribution is -2.29. The Bertz CT molecular complexity index is 427. The molecule has 0 aliphatic carbocycles. The number of nitrogens with zero attached hydrogens (tertiary/aromatic N) is 4. The van der Waals surface area contributed by atoms with E-state index in [4.69, 9.17) is 15.2 Å². The third kappa shape index (κ3) is 9.14. The van der Waals surface area contributed by atoms with Gasteiger partial charge in [0.15, 0.2) is 11.7 Å². The lowest BCUT2D eigenvalue weighted by molar-refractivity contribution is 0.0848. The molecular formula is C16H30BrN5O2. The minimum Gasteiger partial charge on any atom is -0.382 e. The first-order chi connectivity index (χ1) is 11.7. The molecule has 0 saturated heterocycles. The molecule has 8 heteroatoms. The maximum atomic E-state index is 6.02. The van der Waals surface area contributed by atoms with Crippen LogP contribution in [0.15, 0.2) is 26.5 Å². The first kappa shape index (κ1) is 22.8. The predicted octanol–water partition coefficient (Wildman–Crippen LogP) is 2.77. The number of aliphatic imine (C=N–C) groups is 3. The second-order valence-corrected chi connectivity index (χ2v) is 5.79. The molecule has 0 unspecified atom stereocenters. The number of hydrogen-bond donors (Lipinski definition) is 1. The van der Waals surface area contributed by atoms with Crippen LogP contribution in [0.5, 0.6) is 0 Å². The van der Waals surface area contributed by atoms with Crippen molar-refractivity contribution in [2.75, 3.05) is 39.1 Å². The van der Waals surface area contributed by atoms with Crippen LogP contribution in [-0.2, 0) is 9.47 Å². The van der Waals surface area contributed by atoms with Gasteiger partial charge >= 0.3 is 0 Å². The second-order valence-electron chi connectivity index (χ2n) is 5.00. The molecule has 24 heavy (non-hydrogen) atoms. The van der Waals surface area contributed by atoms with Crippen LogP contribution in [0.25, 0.3) is 0 Å². The molecule has 138 valence electrons. The van der Waals surface area contributed by atoms with Gasteiger partial charge in [-0.2, -0.15) is 0 Å². The highest BCUT2D eigenvalue weighted by Gasteiger charge is 2.16. The van der Waals surface area contributed by atoms with Crippen LogP contribution in [0.1, 0.15) is 32.6 Å². The lowest BCUT2D eigenvalue weighted by atomic mass is 10.3. The fourth-order valence-corrected chi connectivity index (χ4v) is 2.27. The number of nitrogens with two attached hydrogens (primary N) is 1. The average Bonchev–Trinajstić information content (AvgIpc) is 2.58. The summed E-state index contributed by atoms with van der Waals surface area (Å²) in [6.45, 7) is 11.2. The van der Waals surface area contributed by atoms with Gasteiger partial charge in [-0.3, -0.25) is 4.99 Å². The molecule has 0 spiro atoms. The summed E-state index contributed by atoms with van der Waals surface area (Å²) in [4.78, 5) is 14.2. The van der Waals surface area contributed by atoms with Crippen LogP contribution < -0.4 is 5.73 Å². The predicted molar refractivity (Wildman–Crippen MR) is 105 cm³/mol. The van der Waals surface area contributed by atoms with Gasteiger partial charge in [0, 0.05) is 25.6 Å². The number of amidine groups is 1. The maximum absolute atomic E-state index is 6.02. The normalized spacial score (nSPS) is 12.7. The second kappa shape index (κ2) is 15.3. The van der Waals surface area contributed by atoms with Crippen LogP contribution in [0, 0.1) is 0 Å². The zero-order valence-corrected chi connectivity index (χ0v) is 16.4. The van der Waals surface area contributed by atoms with Crippen molar-refractivity contribution < 1.29 is 9.47 Å². The van der Waals surface area contributed by atoms with Gasteiger partial charge in [0.2, 0.25) is 0 Å². The van der Waals surface area contributed by atoms with Crippen LogP contribution >= 0.6 is 15.9 Å². The standard InChI is InChI=1S/C16H30BrN5O2/c1-5-6-11-24-12-21-15(18)14(19-2)16(20-3)22(13-23-4)10-8-7-9-17/h2-3,5-13H2,1,4H3,(H2,18,21)/b16-14-. The Labute approximate surface area is 153 Å². The first-order valence-electron chi connectivity index (χ1n) is 8.01. The Morgan fingerprint density at radius 1 is 1.21 bits per heavy atom. The Hall–Kier alpha value is -1.25. The summed E-state index contributed by atoms with van der Waals surface area (Å²) in [6.07, 6.45) is 4.07. The quantitative estimate of drug-likeness (QED) is 0.150. The van der Waals surface area contributed by atoms with Gasteiger partial charge in [0.25, 0.3) is 0 Å². The topological polar surface area (TPSA) is 84.8 Å². The Morgan fingerprint density at radius 2 is 1.96 bits per heavy atom. The molecule has 0 amide bonds. The van der Waals surface area contributed by atoms with Gasteiger partial charge in [-0.15, -0.1) is 0 Å². The van der Waals surface area contributed by atoms with Crippen LogP contribution in [0.3, 0.4) is 0 Å². The van der Waals surface area contributed by atoms with E-state index in [2.05, 4.69) is 51.3 Å². The van der Waals surface area contributed by atoms with Crippen molar-refractivity contribution in [3.63, 3.8) is 0 Å². The smallest absolute Gasteiger partial charge is 0.159 e. The number of halogens is 1. The molecule has 0 fully saturated rings. The van der Waals surface area contributed by atoms with Crippen molar-refractivity contribution in [1.29, 1.82) is 0 Å². The number of rotatable bonds is 15. The zero-order chi connectivity index (χ0) is 18.2. The molecule has 0 bridgehead atoms. The molecule has 0 aromatic heterocycles. The summed E-state index contributed by atoms with van der Waals surface area (Å²) < 4.78 is 10.6. The zero-order valence-electron chi connectivity index (χ0n) is 14.8. The third-order valence-electron chi connectivity index (χ3n) is 3.13. The number of hydrogen-bond acceptors (Lipinski definition) is 6. The van der Waals surface area contributed by atoms with Crippen molar-refractivity contribution in [3.8, 4) is 0 Å².